The molecule has 0 saturated heterocycles. The standard InChI is InChI=1S/C13H18N6O/c1-4-5-11-10(6-14-7-15-11)13(20)17-9(2)12-18-16-8-19(12)3/h6-9H,4-5H2,1-3H3,(H,17,20)/t9-/m1/s1. The molecule has 7 heteroatoms. The largest absolute Gasteiger partial charge is 0.342 e. The van der Waals surface area contributed by atoms with Crippen LogP contribution in [0.15, 0.2) is 18.9 Å². The third-order valence-electron chi connectivity index (χ3n) is 3.01. The monoisotopic (exact) mass is 274 g/mol. The van der Waals surface area contributed by atoms with E-state index >= 15 is 0 Å². The fourth-order valence-electron chi connectivity index (χ4n) is 2.00. The number of carbonyl (C=O) groups excluding carboxylic acids is 1. The minimum Gasteiger partial charge on any atom is -0.342 e. The Morgan fingerprint density at radius 3 is 2.95 bits per heavy atom. The lowest BCUT2D eigenvalue weighted by Gasteiger charge is -2.14. The molecule has 0 unspecified atom stereocenters. The van der Waals surface area contributed by atoms with Gasteiger partial charge < -0.3 is 9.88 Å². The van der Waals surface area contributed by atoms with Crippen molar-refractivity contribution in [3.63, 3.8) is 0 Å². The number of amides is 1. The highest BCUT2D eigenvalue weighted by molar-refractivity contribution is 5.95. The molecule has 1 atom stereocenters. The van der Waals surface area contributed by atoms with Gasteiger partial charge in [-0.1, -0.05) is 13.3 Å². The molecule has 0 spiro atoms. The molecule has 1 N–H and O–H groups in total. The van der Waals surface area contributed by atoms with Crippen molar-refractivity contribution in [2.45, 2.75) is 32.7 Å². The average Bonchev–Trinajstić information content (AvgIpc) is 2.86. The molecule has 0 aliphatic heterocycles. The molecule has 0 bridgehead atoms. The molecule has 1 amide bonds. The number of carbonyl (C=O) groups is 1. The van der Waals surface area contributed by atoms with Gasteiger partial charge in [0.15, 0.2) is 5.82 Å². The van der Waals surface area contributed by atoms with Gasteiger partial charge in [-0.15, -0.1) is 10.2 Å². The molecule has 0 radical (unpaired) electrons. The summed E-state index contributed by atoms with van der Waals surface area (Å²) in [5, 5.41) is 10.7. The maximum atomic E-state index is 12.3. The van der Waals surface area contributed by atoms with Gasteiger partial charge in [-0.2, -0.15) is 0 Å². The minimum atomic E-state index is -0.232. The highest BCUT2D eigenvalue weighted by Crippen LogP contribution is 2.11. The number of hydrogen-bond acceptors (Lipinski definition) is 5. The van der Waals surface area contributed by atoms with E-state index in [2.05, 4.69) is 25.5 Å². The van der Waals surface area contributed by atoms with Crippen molar-refractivity contribution in [1.82, 2.24) is 30.0 Å². The maximum Gasteiger partial charge on any atom is 0.255 e. The summed E-state index contributed by atoms with van der Waals surface area (Å²) in [4.78, 5) is 20.4. The second kappa shape index (κ2) is 6.23. The van der Waals surface area contributed by atoms with Crippen molar-refractivity contribution in [3.8, 4) is 0 Å². The summed E-state index contributed by atoms with van der Waals surface area (Å²) in [7, 11) is 1.84. The van der Waals surface area contributed by atoms with Crippen LogP contribution in [0.2, 0.25) is 0 Å². The molecule has 2 heterocycles. The van der Waals surface area contributed by atoms with Gasteiger partial charge in [0.05, 0.1) is 17.3 Å². The molecule has 2 rings (SSSR count). The molecule has 0 aromatic carbocycles. The van der Waals surface area contributed by atoms with E-state index in [1.54, 1.807) is 17.1 Å². The normalized spacial score (nSPS) is 12.2. The third kappa shape index (κ3) is 2.98. The molecule has 0 fully saturated rings. The van der Waals surface area contributed by atoms with Gasteiger partial charge in [0, 0.05) is 13.2 Å². The fraction of sp³-hybridized carbons (Fsp3) is 0.462. The summed E-state index contributed by atoms with van der Waals surface area (Å²) < 4.78 is 1.78. The Kier molecular flexibility index (Phi) is 4.39. The summed E-state index contributed by atoms with van der Waals surface area (Å²) in [5.41, 5.74) is 1.29. The van der Waals surface area contributed by atoms with E-state index in [0.717, 1.165) is 18.5 Å². The van der Waals surface area contributed by atoms with Crippen molar-refractivity contribution in [3.05, 3.63) is 35.9 Å². The Balaban J connectivity index is 2.14. The van der Waals surface area contributed by atoms with E-state index in [0.29, 0.717) is 11.4 Å². The van der Waals surface area contributed by atoms with Gasteiger partial charge in [0.25, 0.3) is 5.91 Å². The Bertz CT molecular complexity index is 594. The number of hydrogen-bond donors (Lipinski definition) is 1. The summed E-state index contributed by atoms with van der Waals surface area (Å²) in [6.45, 7) is 3.91. The molecule has 7 nitrogen and oxygen atoms in total. The van der Waals surface area contributed by atoms with Crippen molar-refractivity contribution in [2.75, 3.05) is 0 Å². The Morgan fingerprint density at radius 1 is 1.50 bits per heavy atom. The highest BCUT2D eigenvalue weighted by atomic mass is 16.1. The van der Waals surface area contributed by atoms with Crippen LogP contribution in [-0.2, 0) is 13.5 Å². The first kappa shape index (κ1) is 14.1. The van der Waals surface area contributed by atoms with Crippen molar-refractivity contribution in [1.29, 1.82) is 0 Å². The zero-order valence-corrected chi connectivity index (χ0v) is 11.9. The summed E-state index contributed by atoms with van der Waals surface area (Å²) >= 11 is 0. The topological polar surface area (TPSA) is 85.6 Å². The van der Waals surface area contributed by atoms with E-state index < -0.39 is 0 Å². The lowest BCUT2D eigenvalue weighted by atomic mass is 10.1. The number of nitrogens with zero attached hydrogens (tertiary/aromatic N) is 5. The van der Waals surface area contributed by atoms with Crippen LogP contribution < -0.4 is 5.32 Å². The van der Waals surface area contributed by atoms with Crippen LogP contribution in [0.4, 0.5) is 0 Å². The predicted molar refractivity (Wildman–Crippen MR) is 72.9 cm³/mol. The van der Waals surface area contributed by atoms with E-state index in [1.807, 2.05) is 20.9 Å². The van der Waals surface area contributed by atoms with Gasteiger partial charge in [-0.3, -0.25) is 4.79 Å². The lowest BCUT2D eigenvalue weighted by molar-refractivity contribution is 0.0936. The molecule has 0 aliphatic carbocycles. The van der Waals surface area contributed by atoms with Crippen LogP contribution in [0.5, 0.6) is 0 Å². The average molecular weight is 274 g/mol. The van der Waals surface area contributed by atoms with Crippen LogP contribution in [-0.4, -0.2) is 30.6 Å². The van der Waals surface area contributed by atoms with Crippen LogP contribution in [0.25, 0.3) is 0 Å². The molecular weight excluding hydrogens is 256 g/mol. The molecule has 20 heavy (non-hydrogen) atoms. The quantitative estimate of drug-likeness (QED) is 0.880. The van der Waals surface area contributed by atoms with Crippen LogP contribution in [0.3, 0.4) is 0 Å². The zero-order valence-electron chi connectivity index (χ0n) is 11.9. The molecular formula is C13H18N6O. The summed E-state index contributed by atoms with van der Waals surface area (Å²) in [5.74, 6) is 0.511. The van der Waals surface area contributed by atoms with E-state index in [4.69, 9.17) is 0 Å². The number of aromatic nitrogens is 5. The number of aryl methyl sites for hydroxylation is 2. The number of nitrogens with one attached hydrogen (secondary N) is 1. The van der Waals surface area contributed by atoms with Crippen molar-refractivity contribution in [2.24, 2.45) is 7.05 Å². The highest BCUT2D eigenvalue weighted by Gasteiger charge is 2.18. The van der Waals surface area contributed by atoms with Gasteiger partial charge in [0.2, 0.25) is 0 Å². The predicted octanol–water partition coefficient (Wildman–Crippen LogP) is 1.05. The molecule has 0 saturated carbocycles. The second-order valence-corrected chi connectivity index (χ2v) is 4.63. The van der Waals surface area contributed by atoms with Gasteiger partial charge in [-0.25, -0.2) is 9.97 Å². The second-order valence-electron chi connectivity index (χ2n) is 4.63. The Morgan fingerprint density at radius 2 is 2.30 bits per heavy atom. The van der Waals surface area contributed by atoms with Crippen LogP contribution >= 0.6 is 0 Å². The minimum absolute atomic E-state index is 0.190. The summed E-state index contributed by atoms with van der Waals surface area (Å²) in [6.07, 6.45) is 6.30. The van der Waals surface area contributed by atoms with Crippen molar-refractivity contribution >= 4 is 5.91 Å². The smallest absolute Gasteiger partial charge is 0.255 e. The van der Waals surface area contributed by atoms with E-state index in [-0.39, 0.29) is 11.9 Å². The zero-order chi connectivity index (χ0) is 14.5. The lowest BCUT2D eigenvalue weighted by Crippen LogP contribution is -2.29. The van der Waals surface area contributed by atoms with Crippen molar-refractivity contribution < 1.29 is 4.79 Å². The third-order valence-corrected chi connectivity index (χ3v) is 3.01. The summed E-state index contributed by atoms with van der Waals surface area (Å²) in [6, 6.07) is -0.232. The van der Waals surface area contributed by atoms with Crippen LogP contribution in [0, 0.1) is 0 Å². The first-order chi connectivity index (χ1) is 9.63. The number of rotatable bonds is 5. The van der Waals surface area contributed by atoms with Crippen LogP contribution in [0.1, 0.15) is 48.2 Å². The Hall–Kier alpha value is -2.31. The molecule has 2 aromatic heterocycles. The Labute approximate surface area is 117 Å². The van der Waals surface area contributed by atoms with E-state index in [1.165, 1.54) is 6.33 Å². The van der Waals surface area contributed by atoms with E-state index in [9.17, 15) is 4.79 Å². The first-order valence-corrected chi connectivity index (χ1v) is 6.57. The maximum absolute atomic E-state index is 12.3. The van der Waals surface area contributed by atoms with Gasteiger partial charge in [0.1, 0.15) is 12.7 Å². The fourth-order valence-corrected chi connectivity index (χ4v) is 2.00. The first-order valence-electron chi connectivity index (χ1n) is 6.57. The SMILES string of the molecule is CCCc1ncncc1C(=O)N[C@H](C)c1nncn1C. The molecule has 2 aromatic rings. The van der Waals surface area contributed by atoms with Gasteiger partial charge >= 0.3 is 0 Å². The van der Waals surface area contributed by atoms with Gasteiger partial charge in [-0.05, 0) is 13.3 Å². The molecule has 106 valence electrons. The molecule has 0 aliphatic rings.